The predicted molar refractivity (Wildman–Crippen MR) is 89.4 cm³/mol. The van der Waals surface area contributed by atoms with Crippen LogP contribution < -0.4 is 5.73 Å². The van der Waals surface area contributed by atoms with Crippen LogP contribution >= 0.6 is 11.3 Å². The van der Waals surface area contributed by atoms with Crippen LogP contribution in [0.15, 0.2) is 35.7 Å². The van der Waals surface area contributed by atoms with Gasteiger partial charge in [-0.1, -0.05) is 30.3 Å². The molecule has 2 aromatic rings. The number of benzene rings is 1. The normalized spacial score (nSPS) is 19.2. The molecule has 2 heterocycles. The number of carbonyl (C=O) groups excluding carboxylic acids is 1. The van der Waals surface area contributed by atoms with Gasteiger partial charge in [0.25, 0.3) is 0 Å². The van der Waals surface area contributed by atoms with Crippen molar-refractivity contribution in [1.29, 1.82) is 0 Å². The fourth-order valence-corrected chi connectivity index (χ4v) is 3.91. The number of hydrogen-bond acceptors (Lipinski definition) is 4. The minimum Gasteiger partial charge on any atom is -0.370 e. The highest BCUT2D eigenvalue weighted by Gasteiger charge is 2.22. The molecule has 3 rings (SSSR count). The van der Waals surface area contributed by atoms with Crippen LogP contribution in [0.25, 0.3) is 11.3 Å². The number of aromatic nitrogens is 1. The Bertz CT molecular complexity index is 626. The first-order valence-electron chi connectivity index (χ1n) is 7.71. The second-order valence-electron chi connectivity index (χ2n) is 5.91. The fraction of sp³-hybridized carbons (Fsp3) is 0.412. The summed E-state index contributed by atoms with van der Waals surface area (Å²) in [6, 6.07) is 10.3. The van der Waals surface area contributed by atoms with Gasteiger partial charge in [-0.05, 0) is 25.3 Å². The largest absolute Gasteiger partial charge is 0.370 e. The number of likely N-dealkylation sites (tertiary alicyclic amines) is 1. The van der Waals surface area contributed by atoms with Crippen molar-refractivity contribution in [2.75, 3.05) is 13.1 Å². The molecule has 1 unspecified atom stereocenters. The van der Waals surface area contributed by atoms with Gasteiger partial charge in [-0.15, -0.1) is 11.3 Å². The lowest BCUT2D eigenvalue weighted by Crippen LogP contribution is -2.36. The van der Waals surface area contributed by atoms with Crippen molar-refractivity contribution in [2.24, 2.45) is 11.7 Å². The number of nitrogens with two attached hydrogens (primary N) is 1. The van der Waals surface area contributed by atoms with Crippen LogP contribution in [-0.2, 0) is 11.3 Å². The third-order valence-electron chi connectivity index (χ3n) is 4.07. The average Bonchev–Trinajstić information content (AvgIpc) is 2.96. The summed E-state index contributed by atoms with van der Waals surface area (Å²) < 4.78 is 0. The third kappa shape index (κ3) is 3.93. The van der Waals surface area contributed by atoms with Crippen molar-refractivity contribution in [2.45, 2.75) is 25.8 Å². The van der Waals surface area contributed by atoms with E-state index in [9.17, 15) is 4.79 Å². The summed E-state index contributed by atoms with van der Waals surface area (Å²) in [7, 11) is 0. The van der Waals surface area contributed by atoms with Crippen LogP contribution in [0.4, 0.5) is 0 Å². The summed E-state index contributed by atoms with van der Waals surface area (Å²) in [6.07, 6.45) is 2.74. The van der Waals surface area contributed by atoms with Gasteiger partial charge in [0.05, 0.1) is 12.2 Å². The van der Waals surface area contributed by atoms with E-state index in [0.29, 0.717) is 12.3 Å². The molecular weight excluding hydrogens is 294 g/mol. The van der Waals surface area contributed by atoms with Crippen molar-refractivity contribution >= 4 is 17.2 Å². The zero-order valence-electron chi connectivity index (χ0n) is 12.6. The molecule has 2 N–H and O–H groups in total. The quantitative estimate of drug-likeness (QED) is 0.923. The highest BCUT2D eigenvalue weighted by Crippen LogP contribution is 2.25. The molecule has 116 valence electrons. The Kier molecular flexibility index (Phi) is 4.85. The molecule has 1 amide bonds. The predicted octanol–water partition coefficient (Wildman–Crippen LogP) is 2.90. The summed E-state index contributed by atoms with van der Waals surface area (Å²) >= 11 is 1.71. The highest BCUT2D eigenvalue weighted by molar-refractivity contribution is 7.09. The molecule has 1 aromatic heterocycles. The van der Waals surface area contributed by atoms with E-state index in [1.807, 2.05) is 18.2 Å². The first kappa shape index (κ1) is 15.2. The lowest BCUT2D eigenvalue weighted by molar-refractivity contribution is -0.119. The average molecular weight is 315 g/mol. The van der Waals surface area contributed by atoms with Crippen LogP contribution in [0.2, 0.25) is 0 Å². The van der Waals surface area contributed by atoms with E-state index in [4.69, 9.17) is 10.7 Å². The van der Waals surface area contributed by atoms with Gasteiger partial charge in [0.2, 0.25) is 5.91 Å². The van der Waals surface area contributed by atoms with Gasteiger partial charge in [0.1, 0.15) is 5.01 Å². The number of amides is 1. The molecule has 1 atom stereocenters. The standard InChI is InChI=1S/C17H21N3OS/c18-16(21)9-13-5-4-8-20(10-13)11-17-19-15(12-22-17)14-6-2-1-3-7-14/h1-3,6-7,12-13H,4-5,8-11H2,(H2,18,21). The van der Waals surface area contributed by atoms with Gasteiger partial charge < -0.3 is 5.73 Å². The van der Waals surface area contributed by atoms with Crippen molar-refractivity contribution in [3.63, 3.8) is 0 Å². The summed E-state index contributed by atoms with van der Waals surface area (Å²) in [4.78, 5) is 18.2. The zero-order chi connectivity index (χ0) is 15.4. The lowest BCUT2D eigenvalue weighted by atomic mass is 9.94. The van der Waals surface area contributed by atoms with Crippen LogP contribution in [0, 0.1) is 5.92 Å². The second-order valence-corrected chi connectivity index (χ2v) is 6.85. The number of piperidine rings is 1. The van der Waals surface area contributed by atoms with E-state index in [-0.39, 0.29) is 5.91 Å². The summed E-state index contributed by atoms with van der Waals surface area (Å²) in [6.45, 7) is 2.89. The Morgan fingerprint density at radius 1 is 1.36 bits per heavy atom. The Morgan fingerprint density at radius 3 is 2.95 bits per heavy atom. The molecule has 0 spiro atoms. The van der Waals surface area contributed by atoms with Gasteiger partial charge in [-0.2, -0.15) is 0 Å². The third-order valence-corrected chi connectivity index (χ3v) is 4.91. The van der Waals surface area contributed by atoms with Crippen LogP contribution in [-0.4, -0.2) is 28.9 Å². The minimum atomic E-state index is -0.188. The van der Waals surface area contributed by atoms with Crippen molar-refractivity contribution in [1.82, 2.24) is 9.88 Å². The van der Waals surface area contributed by atoms with Gasteiger partial charge in [-0.3, -0.25) is 9.69 Å². The molecule has 0 aliphatic carbocycles. The maximum atomic E-state index is 11.1. The molecule has 1 fully saturated rings. The molecule has 4 nitrogen and oxygen atoms in total. The molecular formula is C17H21N3OS. The fourth-order valence-electron chi connectivity index (χ4n) is 3.06. The van der Waals surface area contributed by atoms with E-state index in [1.54, 1.807) is 11.3 Å². The van der Waals surface area contributed by atoms with E-state index >= 15 is 0 Å². The second kappa shape index (κ2) is 7.03. The van der Waals surface area contributed by atoms with Crippen LogP contribution in [0.1, 0.15) is 24.3 Å². The molecule has 1 aliphatic heterocycles. The van der Waals surface area contributed by atoms with Gasteiger partial charge in [-0.25, -0.2) is 4.98 Å². The number of nitrogens with zero attached hydrogens (tertiary/aromatic N) is 2. The Hall–Kier alpha value is -1.72. The summed E-state index contributed by atoms with van der Waals surface area (Å²) in [5.74, 6) is 0.215. The first-order chi connectivity index (χ1) is 10.7. The highest BCUT2D eigenvalue weighted by atomic mass is 32.1. The van der Waals surface area contributed by atoms with Gasteiger partial charge in [0.15, 0.2) is 0 Å². The first-order valence-corrected chi connectivity index (χ1v) is 8.59. The number of hydrogen-bond donors (Lipinski definition) is 1. The Labute approximate surface area is 135 Å². The summed E-state index contributed by atoms with van der Waals surface area (Å²) in [5, 5.41) is 3.26. The summed E-state index contributed by atoms with van der Waals surface area (Å²) in [5.41, 5.74) is 7.53. The molecule has 1 aliphatic rings. The smallest absolute Gasteiger partial charge is 0.217 e. The Balaban J connectivity index is 1.61. The number of carbonyl (C=O) groups is 1. The van der Waals surface area contributed by atoms with E-state index in [0.717, 1.165) is 48.7 Å². The minimum absolute atomic E-state index is 0.188. The van der Waals surface area contributed by atoms with Crippen molar-refractivity contribution in [3.05, 3.63) is 40.7 Å². The number of thiazole rings is 1. The molecule has 1 saturated heterocycles. The van der Waals surface area contributed by atoms with Crippen LogP contribution in [0.5, 0.6) is 0 Å². The van der Waals surface area contributed by atoms with Gasteiger partial charge in [0, 0.05) is 23.9 Å². The molecule has 22 heavy (non-hydrogen) atoms. The monoisotopic (exact) mass is 315 g/mol. The molecule has 0 saturated carbocycles. The van der Waals surface area contributed by atoms with Crippen molar-refractivity contribution in [3.8, 4) is 11.3 Å². The van der Waals surface area contributed by atoms with E-state index < -0.39 is 0 Å². The van der Waals surface area contributed by atoms with E-state index in [2.05, 4.69) is 22.4 Å². The molecule has 0 radical (unpaired) electrons. The maximum absolute atomic E-state index is 11.1. The number of primary amides is 1. The Morgan fingerprint density at radius 2 is 2.18 bits per heavy atom. The SMILES string of the molecule is NC(=O)CC1CCCN(Cc2nc(-c3ccccc3)cs2)C1. The lowest BCUT2D eigenvalue weighted by Gasteiger charge is -2.31. The van der Waals surface area contributed by atoms with Crippen LogP contribution in [0.3, 0.4) is 0 Å². The molecule has 0 bridgehead atoms. The number of rotatable bonds is 5. The zero-order valence-corrected chi connectivity index (χ0v) is 13.4. The topological polar surface area (TPSA) is 59.2 Å². The van der Waals surface area contributed by atoms with Gasteiger partial charge >= 0.3 is 0 Å². The van der Waals surface area contributed by atoms with Crippen molar-refractivity contribution < 1.29 is 4.79 Å². The maximum Gasteiger partial charge on any atom is 0.217 e. The molecule has 5 heteroatoms. The van der Waals surface area contributed by atoms with E-state index in [1.165, 1.54) is 0 Å². The molecule has 1 aromatic carbocycles.